The molecule has 2 aliphatic carbocycles. The van der Waals surface area contributed by atoms with Gasteiger partial charge < -0.3 is 14.9 Å². The maximum Gasteiger partial charge on any atom is 0.281 e. The van der Waals surface area contributed by atoms with Crippen LogP contribution in [0.4, 0.5) is 5.13 Å². The minimum Gasteiger partial charge on any atom is -0.392 e. The largest absolute Gasteiger partial charge is 0.392 e. The molecule has 3 N–H and O–H groups in total. The van der Waals surface area contributed by atoms with Crippen LogP contribution in [0.15, 0.2) is 30.3 Å². The fourth-order valence-corrected chi connectivity index (χ4v) is 7.83. The van der Waals surface area contributed by atoms with Crippen LogP contribution in [0.1, 0.15) is 55.7 Å². The van der Waals surface area contributed by atoms with Gasteiger partial charge in [0.1, 0.15) is 0 Å². The molecule has 2 aromatic rings. The Morgan fingerprint density at radius 2 is 2.00 bits per heavy atom. The Labute approximate surface area is 218 Å². The van der Waals surface area contributed by atoms with Crippen LogP contribution in [0.5, 0.6) is 0 Å². The molecule has 7 nitrogen and oxygen atoms in total. The van der Waals surface area contributed by atoms with Crippen LogP contribution in [-0.2, 0) is 22.6 Å². The number of thiazole rings is 1. The summed E-state index contributed by atoms with van der Waals surface area (Å²) in [6, 6.07) is 10.0. The number of hydrogen-bond donors (Lipinski definition) is 3. The van der Waals surface area contributed by atoms with E-state index in [0.717, 1.165) is 35.4 Å². The van der Waals surface area contributed by atoms with Crippen LogP contribution < -0.4 is 10.2 Å². The van der Waals surface area contributed by atoms with Crippen molar-refractivity contribution in [3.05, 3.63) is 46.5 Å². The second kappa shape index (κ2) is 10.6. The Morgan fingerprint density at radius 1 is 1.31 bits per heavy atom. The highest BCUT2D eigenvalue weighted by molar-refractivity contribution is 7.15. The Bertz CT molecular complexity index is 1090. The van der Waals surface area contributed by atoms with Crippen molar-refractivity contribution < 1.29 is 19.6 Å². The van der Waals surface area contributed by atoms with Gasteiger partial charge in [0.05, 0.1) is 25.9 Å². The van der Waals surface area contributed by atoms with Gasteiger partial charge in [-0.05, 0) is 42.1 Å². The maximum atomic E-state index is 13.4. The summed E-state index contributed by atoms with van der Waals surface area (Å²) in [6.45, 7) is 7.36. The lowest BCUT2D eigenvalue weighted by atomic mass is 9.53. The highest BCUT2D eigenvalue weighted by Crippen LogP contribution is 2.57. The number of nitrogens with zero attached hydrogens (tertiary/aromatic N) is 2. The molecule has 1 heterocycles. The van der Waals surface area contributed by atoms with E-state index in [1.165, 1.54) is 4.88 Å². The first-order chi connectivity index (χ1) is 17.0. The Hall–Kier alpha value is -2.29. The fourth-order valence-electron chi connectivity index (χ4n) is 6.55. The number of nitrogens with one attached hydrogen (secondary N) is 2. The molecule has 6 atom stereocenters. The molecule has 0 saturated heterocycles. The van der Waals surface area contributed by atoms with Gasteiger partial charge in [0, 0.05) is 30.3 Å². The molecule has 2 amide bonds. The number of carbonyl (C=O) groups is 2. The van der Waals surface area contributed by atoms with Gasteiger partial charge in [0.2, 0.25) is 5.91 Å². The predicted octanol–water partition coefficient (Wildman–Crippen LogP) is 2.57. The monoisotopic (exact) mass is 513 g/mol. The SMILES string of the molecule is C[C@H](C(=O)N(C)Cc1ccccc1)[C@@H]1CC[C@]2(C)Cc3sc(NC(=O)C[NH+](C)C)nc3[C@@H](C)[C@@H]2[C@H]1O. The van der Waals surface area contributed by atoms with E-state index in [4.69, 9.17) is 4.98 Å². The van der Waals surface area contributed by atoms with E-state index in [9.17, 15) is 14.7 Å². The summed E-state index contributed by atoms with van der Waals surface area (Å²) < 4.78 is 0. The number of fused-ring (bicyclic) bond motifs is 2. The summed E-state index contributed by atoms with van der Waals surface area (Å²) in [6.07, 6.45) is 2.07. The number of aromatic nitrogens is 1. The summed E-state index contributed by atoms with van der Waals surface area (Å²) in [5.74, 6) is -0.219. The number of anilines is 1. The van der Waals surface area contributed by atoms with Crippen LogP contribution >= 0.6 is 11.3 Å². The second-order valence-electron chi connectivity index (χ2n) is 11.6. The van der Waals surface area contributed by atoms with Gasteiger partial charge in [0.25, 0.3) is 5.91 Å². The molecule has 0 unspecified atom stereocenters. The van der Waals surface area contributed by atoms with Crippen molar-refractivity contribution in [2.75, 3.05) is 33.0 Å². The Morgan fingerprint density at radius 3 is 2.67 bits per heavy atom. The number of hydrogen-bond acceptors (Lipinski definition) is 5. The van der Waals surface area contributed by atoms with Crippen molar-refractivity contribution in [2.24, 2.45) is 23.2 Å². The average molecular weight is 514 g/mol. The molecule has 0 bridgehead atoms. The minimum atomic E-state index is -0.576. The van der Waals surface area contributed by atoms with Gasteiger partial charge >= 0.3 is 0 Å². The van der Waals surface area contributed by atoms with Crippen molar-refractivity contribution in [3.63, 3.8) is 0 Å². The first-order valence-corrected chi connectivity index (χ1v) is 13.9. The number of quaternary nitrogens is 1. The summed E-state index contributed by atoms with van der Waals surface area (Å²) in [5.41, 5.74) is 2.04. The maximum absolute atomic E-state index is 13.4. The molecule has 1 aromatic heterocycles. The third kappa shape index (κ3) is 5.36. The molecule has 1 fully saturated rings. The number of likely N-dealkylation sites (N-methyl/N-ethyl adjacent to an activating group) is 1. The first-order valence-electron chi connectivity index (χ1n) is 13.1. The van der Waals surface area contributed by atoms with Crippen molar-refractivity contribution >= 4 is 28.3 Å². The quantitative estimate of drug-likeness (QED) is 0.531. The molecule has 2 aliphatic rings. The lowest BCUT2D eigenvalue weighted by molar-refractivity contribution is -0.849. The smallest absolute Gasteiger partial charge is 0.281 e. The van der Waals surface area contributed by atoms with Crippen molar-refractivity contribution in [1.82, 2.24) is 9.88 Å². The molecule has 1 saturated carbocycles. The van der Waals surface area contributed by atoms with E-state index in [0.29, 0.717) is 18.2 Å². The normalized spacial score (nSPS) is 28.2. The Balaban J connectivity index is 1.49. The fraction of sp³-hybridized carbons (Fsp3) is 0.607. The van der Waals surface area contributed by atoms with Gasteiger partial charge in [-0.2, -0.15) is 0 Å². The number of rotatable bonds is 7. The standard InChI is InChI=1S/C28H40N4O3S/c1-17(26(35)32(6)15-19-10-8-7-9-11-19)20-12-13-28(3)14-21-24(18(2)23(28)25(20)34)30-27(36-21)29-22(33)16-31(4)5/h7-11,17-18,20,23,25,34H,12-16H2,1-6H3,(H,29,30,33)/p+1/t17-,18-,20-,23+,25-,28+/m0/s1. The molecule has 8 heteroatoms. The van der Waals surface area contributed by atoms with Crippen molar-refractivity contribution in [1.29, 1.82) is 0 Å². The van der Waals surface area contributed by atoms with Gasteiger partial charge in [0.15, 0.2) is 11.7 Å². The van der Waals surface area contributed by atoms with Gasteiger partial charge in [-0.15, -0.1) is 11.3 Å². The highest BCUT2D eigenvalue weighted by Gasteiger charge is 2.54. The van der Waals surface area contributed by atoms with E-state index in [2.05, 4.69) is 19.2 Å². The van der Waals surface area contributed by atoms with Gasteiger partial charge in [-0.1, -0.05) is 51.1 Å². The molecule has 1 aromatic carbocycles. The zero-order valence-electron chi connectivity index (χ0n) is 22.4. The molecule has 36 heavy (non-hydrogen) atoms. The number of aliphatic hydroxyl groups excluding tert-OH is 1. The van der Waals surface area contributed by atoms with E-state index < -0.39 is 6.10 Å². The topological polar surface area (TPSA) is 87.0 Å². The summed E-state index contributed by atoms with van der Waals surface area (Å²) in [5, 5.41) is 15.3. The molecule has 4 rings (SSSR count). The second-order valence-corrected chi connectivity index (χ2v) is 12.7. The summed E-state index contributed by atoms with van der Waals surface area (Å²) in [4.78, 5) is 34.5. The van der Waals surface area contributed by atoms with E-state index >= 15 is 0 Å². The third-order valence-electron chi connectivity index (χ3n) is 8.35. The van der Waals surface area contributed by atoms with Crippen LogP contribution in [0.2, 0.25) is 0 Å². The number of aliphatic hydroxyl groups is 1. The zero-order valence-corrected chi connectivity index (χ0v) is 23.2. The van der Waals surface area contributed by atoms with Crippen LogP contribution in [0.25, 0.3) is 0 Å². The first kappa shape index (κ1) is 26.8. The third-order valence-corrected chi connectivity index (χ3v) is 9.34. The molecule has 0 aliphatic heterocycles. The van der Waals surface area contributed by atoms with E-state index in [1.54, 1.807) is 16.2 Å². The molecule has 0 spiro atoms. The highest BCUT2D eigenvalue weighted by atomic mass is 32.1. The lowest BCUT2D eigenvalue weighted by Crippen LogP contribution is -3.06. The van der Waals surface area contributed by atoms with Crippen LogP contribution in [0, 0.1) is 23.2 Å². The number of amides is 2. The Kier molecular flexibility index (Phi) is 7.88. The predicted molar refractivity (Wildman–Crippen MR) is 143 cm³/mol. The van der Waals surface area contributed by atoms with Crippen LogP contribution in [0.3, 0.4) is 0 Å². The van der Waals surface area contributed by atoms with Crippen molar-refractivity contribution in [2.45, 2.75) is 58.6 Å². The zero-order chi connectivity index (χ0) is 26.2. The summed E-state index contributed by atoms with van der Waals surface area (Å²) >= 11 is 1.57. The average Bonchev–Trinajstić information content (AvgIpc) is 3.20. The van der Waals surface area contributed by atoms with Crippen molar-refractivity contribution in [3.8, 4) is 0 Å². The molecule has 196 valence electrons. The van der Waals surface area contributed by atoms with E-state index in [1.807, 2.05) is 58.4 Å². The number of carbonyl (C=O) groups excluding carboxylic acids is 2. The van der Waals surface area contributed by atoms with E-state index in [-0.39, 0.29) is 40.9 Å². The minimum absolute atomic E-state index is 0.0234. The molecule has 0 radical (unpaired) electrons. The molecular formula is C28H41N4O3S+. The van der Waals surface area contributed by atoms with Crippen LogP contribution in [-0.4, -0.2) is 60.6 Å². The lowest BCUT2D eigenvalue weighted by Gasteiger charge is -2.53. The van der Waals surface area contributed by atoms with Gasteiger partial charge in [-0.3, -0.25) is 14.9 Å². The summed E-state index contributed by atoms with van der Waals surface area (Å²) in [7, 11) is 5.75. The molecular weight excluding hydrogens is 472 g/mol. The number of benzene rings is 1. The van der Waals surface area contributed by atoms with Gasteiger partial charge in [-0.25, -0.2) is 4.98 Å².